The Labute approximate surface area is 83.4 Å². The molecule has 0 saturated heterocycles. The average molecular weight is 274 g/mol. The molecule has 5 heteroatoms. The summed E-state index contributed by atoms with van der Waals surface area (Å²) in [6.45, 7) is 0.662. The van der Waals surface area contributed by atoms with E-state index in [0.717, 1.165) is 3.70 Å². The fourth-order valence-corrected chi connectivity index (χ4v) is 1.42. The first-order valence-corrected chi connectivity index (χ1v) is 4.42. The standard InChI is InChI=1S/C7H7IN4/c1-2-3-4-12-5-6(8)10-7(12)11-9/h1,5,10H,3-4H2. The highest BCUT2D eigenvalue weighted by Gasteiger charge is 2.04. The Hall–Kier alpha value is -0.990. The third-order valence-electron chi connectivity index (χ3n) is 1.36. The second-order valence-corrected chi connectivity index (χ2v) is 3.34. The monoisotopic (exact) mass is 274 g/mol. The minimum atomic E-state index is 0.426. The molecule has 0 atom stereocenters. The summed E-state index contributed by atoms with van der Waals surface area (Å²) in [6, 6.07) is 0. The molecule has 0 spiro atoms. The van der Waals surface area contributed by atoms with E-state index >= 15 is 0 Å². The van der Waals surface area contributed by atoms with Gasteiger partial charge in [-0.05, 0) is 22.6 Å². The summed E-state index contributed by atoms with van der Waals surface area (Å²) in [5.41, 5.74) is 8.97. The van der Waals surface area contributed by atoms with Gasteiger partial charge >= 0.3 is 5.62 Å². The first-order chi connectivity index (χ1) is 5.77. The summed E-state index contributed by atoms with van der Waals surface area (Å²) in [5.74, 6) is 2.52. The lowest BCUT2D eigenvalue weighted by molar-refractivity contribution is -0.0841. The number of halogens is 1. The molecule has 0 aliphatic rings. The number of hydrogen-bond donors (Lipinski definition) is 1. The molecule has 4 nitrogen and oxygen atoms in total. The zero-order chi connectivity index (χ0) is 8.97. The lowest BCUT2D eigenvalue weighted by Gasteiger charge is -1.87. The molecule has 62 valence electrons. The number of nitrogens with zero attached hydrogens (tertiary/aromatic N) is 3. The summed E-state index contributed by atoms with van der Waals surface area (Å²) in [7, 11) is 0. The first-order valence-electron chi connectivity index (χ1n) is 3.34. The molecule has 1 aromatic heterocycles. The van der Waals surface area contributed by atoms with Crippen molar-refractivity contribution in [3.8, 4) is 12.3 Å². The van der Waals surface area contributed by atoms with Crippen LogP contribution in [0.25, 0.3) is 5.53 Å². The van der Waals surface area contributed by atoms with Crippen LogP contribution in [0.2, 0.25) is 0 Å². The lowest BCUT2D eigenvalue weighted by Crippen LogP contribution is -2.19. The Morgan fingerprint density at radius 1 is 1.83 bits per heavy atom. The van der Waals surface area contributed by atoms with Gasteiger partial charge in [-0.15, -0.1) is 12.3 Å². The van der Waals surface area contributed by atoms with Crippen LogP contribution < -0.4 is 5.62 Å². The Kier molecular flexibility index (Phi) is 3.14. The van der Waals surface area contributed by atoms with E-state index in [1.807, 2.05) is 6.20 Å². The van der Waals surface area contributed by atoms with E-state index in [2.05, 4.69) is 38.3 Å². The molecule has 1 heterocycles. The average Bonchev–Trinajstić information content (AvgIpc) is 2.42. The lowest BCUT2D eigenvalue weighted by atomic mass is 10.4. The van der Waals surface area contributed by atoms with E-state index in [9.17, 15) is 0 Å². The van der Waals surface area contributed by atoms with Gasteiger partial charge in [0.25, 0.3) is 0 Å². The van der Waals surface area contributed by atoms with E-state index in [1.165, 1.54) is 0 Å². The molecule has 0 bridgehead atoms. The van der Waals surface area contributed by atoms with Gasteiger partial charge in [-0.3, -0.25) is 0 Å². The first kappa shape index (κ1) is 9.10. The second-order valence-electron chi connectivity index (χ2n) is 2.17. The topological polar surface area (TPSA) is 57.1 Å². The molecule has 0 fully saturated rings. The van der Waals surface area contributed by atoms with E-state index in [1.54, 1.807) is 4.57 Å². The normalized spacial score (nSPS) is 9.00. The van der Waals surface area contributed by atoms with Crippen molar-refractivity contribution in [2.45, 2.75) is 13.0 Å². The summed E-state index contributed by atoms with van der Waals surface area (Å²) in [4.78, 5) is 5.95. The number of rotatable bonds is 2. The summed E-state index contributed by atoms with van der Waals surface area (Å²) < 4.78 is 2.68. The van der Waals surface area contributed by atoms with Gasteiger partial charge in [0, 0.05) is 6.42 Å². The predicted octanol–water partition coefficient (Wildman–Crippen LogP) is 0.575. The molecule has 0 aliphatic heterocycles. The van der Waals surface area contributed by atoms with Gasteiger partial charge in [0.2, 0.25) is 0 Å². The van der Waals surface area contributed by atoms with E-state index in [4.69, 9.17) is 12.0 Å². The largest absolute Gasteiger partial charge is 0.543 e. The van der Waals surface area contributed by atoms with Crippen molar-refractivity contribution in [3.63, 3.8) is 0 Å². The molecule has 1 N–H and O–H groups in total. The van der Waals surface area contributed by atoms with Crippen LogP contribution >= 0.6 is 22.6 Å². The molecule has 0 saturated carbocycles. The van der Waals surface area contributed by atoms with Crippen LogP contribution in [0, 0.1) is 16.0 Å². The van der Waals surface area contributed by atoms with Crippen molar-refractivity contribution in [2.75, 3.05) is 0 Å². The number of nitrogens with one attached hydrogen (secondary N) is 1. The highest BCUT2D eigenvalue weighted by atomic mass is 127. The molecule has 0 radical (unpaired) electrons. The van der Waals surface area contributed by atoms with Crippen LogP contribution in [0.4, 0.5) is 0 Å². The van der Waals surface area contributed by atoms with Crippen molar-refractivity contribution in [1.29, 1.82) is 0 Å². The summed E-state index contributed by atoms with van der Waals surface area (Å²) in [5, 5.41) is 0. The number of hydrogen-bond acceptors (Lipinski definition) is 0. The minimum absolute atomic E-state index is 0.426. The molecule has 0 aliphatic carbocycles. The molecular formula is C7H7IN4. The maximum absolute atomic E-state index is 8.55. The molecule has 0 amide bonds. The van der Waals surface area contributed by atoms with E-state index < -0.39 is 0 Å². The van der Waals surface area contributed by atoms with E-state index in [0.29, 0.717) is 18.6 Å². The molecule has 1 rings (SSSR count). The third-order valence-corrected chi connectivity index (χ3v) is 1.91. The van der Waals surface area contributed by atoms with E-state index in [-0.39, 0.29) is 0 Å². The smallest absolute Gasteiger partial charge is 0.435 e. The molecular weight excluding hydrogens is 267 g/mol. The number of imidazole rings is 1. The van der Waals surface area contributed by atoms with Crippen LogP contribution in [0.3, 0.4) is 0 Å². The van der Waals surface area contributed by atoms with Crippen molar-refractivity contribution in [2.24, 2.45) is 0 Å². The Morgan fingerprint density at radius 3 is 3.17 bits per heavy atom. The van der Waals surface area contributed by atoms with Crippen LogP contribution in [0.5, 0.6) is 0 Å². The van der Waals surface area contributed by atoms with Crippen molar-refractivity contribution in [1.82, 2.24) is 9.55 Å². The molecule has 12 heavy (non-hydrogen) atoms. The fraction of sp³-hybridized carbons (Fsp3) is 0.286. The number of aromatic amines is 1. The molecule has 1 aromatic rings. The minimum Gasteiger partial charge on any atom is -0.543 e. The highest BCUT2D eigenvalue weighted by Crippen LogP contribution is 1.95. The van der Waals surface area contributed by atoms with Gasteiger partial charge < -0.3 is 10.3 Å². The third kappa shape index (κ3) is 2.00. The Morgan fingerprint density at radius 2 is 2.58 bits per heavy atom. The Balaban J connectivity index is 3.00. The molecule has 0 unspecified atom stereocenters. The number of terminal acetylenes is 1. The van der Waals surface area contributed by atoms with Crippen molar-refractivity contribution in [3.05, 3.63) is 21.0 Å². The van der Waals surface area contributed by atoms with Gasteiger partial charge in [-0.25, -0.2) is 9.55 Å². The highest BCUT2D eigenvalue weighted by molar-refractivity contribution is 14.1. The second kappa shape index (κ2) is 4.14. The van der Waals surface area contributed by atoms with Gasteiger partial charge in [-0.2, -0.15) is 0 Å². The SMILES string of the molecule is C#CCCn1cc(I)[nH]c1=[N+]=[N-]. The Bertz CT molecular complexity index is 388. The predicted molar refractivity (Wildman–Crippen MR) is 51.7 cm³/mol. The fourth-order valence-electron chi connectivity index (χ4n) is 0.847. The quantitative estimate of drug-likeness (QED) is 0.355. The number of aromatic nitrogens is 2. The number of H-pyrrole nitrogens is 1. The van der Waals surface area contributed by atoms with Gasteiger partial charge in [-0.1, -0.05) is 0 Å². The number of aryl methyl sites for hydroxylation is 1. The van der Waals surface area contributed by atoms with Gasteiger partial charge in [0.1, 0.15) is 6.20 Å². The van der Waals surface area contributed by atoms with Crippen LogP contribution in [-0.4, -0.2) is 14.3 Å². The van der Waals surface area contributed by atoms with Crippen molar-refractivity contribution >= 4 is 22.6 Å². The van der Waals surface area contributed by atoms with Crippen LogP contribution in [-0.2, 0) is 6.54 Å². The van der Waals surface area contributed by atoms with Crippen molar-refractivity contribution < 1.29 is 4.79 Å². The summed E-state index contributed by atoms with van der Waals surface area (Å²) >= 11 is 2.10. The van der Waals surface area contributed by atoms with Gasteiger partial charge in [0.15, 0.2) is 3.70 Å². The maximum atomic E-state index is 8.55. The molecule has 0 aromatic carbocycles. The zero-order valence-electron chi connectivity index (χ0n) is 6.29. The zero-order valence-corrected chi connectivity index (χ0v) is 8.45. The van der Waals surface area contributed by atoms with Gasteiger partial charge in [0.05, 0.1) is 6.54 Å². The maximum Gasteiger partial charge on any atom is 0.435 e. The van der Waals surface area contributed by atoms with Crippen LogP contribution in [0.15, 0.2) is 6.20 Å². The summed E-state index contributed by atoms with van der Waals surface area (Å²) in [6.07, 6.45) is 7.57. The van der Waals surface area contributed by atoms with Crippen LogP contribution in [0.1, 0.15) is 6.42 Å².